The SMILES string of the molecule is CC(C)N1CCC(N(C)C)CC1.CC(C)N1CCCCC1.CC(C)N1CCCCC1.CC(C)N1CCN(C(C)C)CC1.CC(C)N1CCN(C)CC1.CC(C)N1CC[N+](C)(C)CC1. The Labute approximate surface area is 397 Å². The lowest BCUT2D eigenvalue weighted by molar-refractivity contribution is -0.894. The Morgan fingerprint density at radius 3 is 0.825 bits per heavy atom. The van der Waals surface area contributed by atoms with Crippen molar-refractivity contribution < 1.29 is 4.48 Å². The second-order valence-electron chi connectivity index (χ2n) is 22.9. The molecule has 0 aromatic carbocycles. The molecule has 0 aliphatic carbocycles. The van der Waals surface area contributed by atoms with Gasteiger partial charge in [-0.25, -0.2) is 0 Å². The Morgan fingerprint density at radius 1 is 0.333 bits per heavy atom. The molecule has 10 heteroatoms. The highest BCUT2D eigenvalue weighted by Crippen LogP contribution is 2.16. The van der Waals surface area contributed by atoms with Crippen LogP contribution in [0.15, 0.2) is 0 Å². The number of likely N-dealkylation sites (tertiary alicyclic amines) is 3. The number of nitrogens with zero attached hydrogens (tertiary/aromatic N) is 10. The molecule has 10 nitrogen and oxygen atoms in total. The Bertz CT molecular complexity index is 946. The predicted octanol–water partition coefficient (Wildman–Crippen LogP) is 8.03. The number of piperidine rings is 3. The van der Waals surface area contributed by atoms with Crippen molar-refractivity contribution in [2.75, 3.05) is 153 Å². The van der Waals surface area contributed by atoms with Crippen molar-refractivity contribution in [2.45, 2.75) is 197 Å². The van der Waals surface area contributed by atoms with Crippen LogP contribution in [0.25, 0.3) is 0 Å². The monoisotopic (exact) mass is 894 g/mol. The van der Waals surface area contributed by atoms with Gasteiger partial charge in [-0.3, -0.25) is 19.6 Å². The van der Waals surface area contributed by atoms with Crippen LogP contribution in [-0.4, -0.2) is 250 Å². The van der Waals surface area contributed by atoms with E-state index in [0.29, 0.717) is 0 Å². The van der Waals surface area contributed by atoms with E-state index in [0.717, 1.165) is 48.3 Å². The number of rotatable bonds is 8. The summed E-state index contributed by atoms with van der Waals surface area (Å²) in [4.78, 5) is 22.6. The van der Waals surface area contributed by atoms with Gasteiger partial charge in [0.2, 0.25) is 0 Å². The minimum atomic E-state index is 0.722. The number of hydrogen-bond acceptors (Lipinski definition) is 9. The molecule has 0 spiro atoms. The molecule has 0 radical (unpaired) electrons. The molecular weight excluding hydrogens is 777 g/mol. The van der Waals surface area contributed by atoms with E-state index in [2.05, 4.69) is 176 Å². The van der Waals surface area contributed by atoms with Gasteiger partial charge in [-0.05, 0) is 196 Å². The summed E-state index contributed by atoms with van der Waals surface area (Å²) >= 11 is 0. The van der Waals surface area contributed by atoms with Crippen LogP contribution in [0.4, 0.5) is 0 Å². The first-order valence-corrected chi connectivity index (χ1v) is 26.9. The molecule has 0 atom stereocenters. The Balaban J connectivity index is 0.000000379. The van der Waals surface area contributed by atoms with Crippen molar-refractivity contribution in [3.8, 4) is 0 Å². The van der Waals surface area contributed by atoms with E-state index in [1.54, 1.807) is 0 Å². The second-order valence-corrected chi connectivity index (χ2v) is 22.9. The van der Waals surface area contributed by atoms with E-state index in [4.69, 9.17) is 0 Å². The number of quaternary nitrogens is 1. The third-order valence-electron chi connectivity index (χ3n) is 15.0. The largest absolute Gasteiger partial charge is 0.326 e. The number of likely N-dealkylation sites (N-methyl/N-ethyl adjacent to an activating group) is 2. The summed E-state index contributed by atoms with van der Waals surface area (Å²) in [5.74, 6) is 0. The molecule has 6 aliphatic heterocycles. The zero-order valence-electron chi connectivity index (χ0n) is 46.5. The zero-order valence-corrected chi connectivity index (χ0v) is 46.5. The summed E-state index contributed by atoms with van der Waals surface area (Å²) in [5, 5.41) is 0. The molecule has 0 saturated carbocycles. The van der Waals surface area contributed by atoms with E-state index in [-0.39, 0.29) is 0 Å². The van der Waals surface area contributed by atoms with Gasteiger partial charge < -0.3 is 29.0 Å². The van der Waals surface area contributed by atoms with Crippen molar-refractivity contribution in [1.29, 1.82) is 0 Å². The molecule has 0 N–H and O–H groups in total. The van der Waals surface area contributed by atoms with Crippen LogP contribution in [0.3, 0.4) is 0 Å². The topological polar surface area (TPSA) is 29.2 Å². The van der Waals surface area contributed by atoms with Gasteiger partial charge in [-0.2, -0.15) is 0 Å². The lowest BCUT2D eigenvalue weighted by atomic mass is 10.0. The maximum atomic E-state index is 2.57. The minimum Gasteiger partial charge on any atom is -0.326 e. The third-order valence-corrected chi connectivity index (χ3v) is 15.0. The lowest BCUT2D eigenvalue weighted by Crippen LogP contribution is -2.56. The summed E-state index contributed by atoms with van der Waals surface area (Å²) in [6.07, 6.45) is 11.2. The van der Waals surface area contributed by atoms with Crippen molar-refractivity contribution in [3.63, 3.8) is 0 Å². The number of piperazine rings is 3. The third kappa shape index (κ3) is 27.3. The van der Waals surface area contributed by atoms with Gasteiger partial charge in [0.1, 0.15) is 0 Å². The molecule has 0 amide bonds. The molecule has 378 valence electrons. The second kappa shape index (κ2) is 33.2. The van der Waals surface area contributed by atoms with Crippen molar-refractivity contribution in [3.05, 3.63) is 0 Å². The smallest absolute Gasteiger partial charge is 0.0912 e. The van der Waals surface area contributed by atoms with E-state index in [1.165, 1.54) is 174 Å². The summed E-state index contributed by atoms with van der Waals surface area (Å²) < 4.78 is 1.20. The number of hydrogen-bond donors (Lipinski definition) is 0. The first-order valence-electron chi connectivity index (χ1n) is 26.9. The summed E-state index contributed by atoms with van der Waals surface area (Å²) in [5.41, 5.74) is 0. The highest BCUT2D eigenvalue weighted by molar-refractivity contribution is 4.79. The van der Waals surface area contributed by atoms with E-state index in [1.807, 2.05) is 0 Å². The van der Waals surface area contributed by atoms with E-state index in [9.17, 15) is 0 Å². The fraction of sp³-hybridized carbons (Fsp3) is 1.00. The molecule has 0 aromatic rings. The van der Waals surface area contributed by atoms with Crippen molar-refractivity contribution >= 4 is 0 Å². The first-order chi connectivity index (χ1) is 29.5. The van der Waals surface area contributed by atoms with Crippen molar-refractivity contribution in [1.82, 2.24) is 44.1 Å². The van der Waals surface area contributed by atoms with Crippen LogP contribution in [0.1, 0.15) is 148 Å². The Kier molecular flexibility index (Phi) is 31.9. The van der Waals surface area contributed by atoms with Crippen molar-refractivity contribution in [2.24, 2.45) is 0 Å². The molecule has 6 fully saturated rings. The van der Waals surface area contributed by atoms with Gasteiger partial charge in [0.15, 0.2) is 0 Å². The fourth-order valence-corrected chi connectivity index (χ4v) is 9.43. The Morgan fingerprint density at radius 2 is 0.571 bits per heavy atom. The van der Waals surface area contributed by atoms with E-state index >= 15 is 0 Å². The van der Waals surface area contributed by atoms with Crippen LogP contribution in [0, 0.1) is 0 Å². The zero-order chi connectivity index (χ0) is 47.7. The molecule has 63 heavy (non-hydrogen) atoms. The molecular formula is C53H117N10+. The summed E-state index contributed by atoms with van der Waals surface area (Å²) in [6.45, 7) is 54.9. The van der Waals surface area contributed by atoms with Crippen LogP contribution in [0.2, 0.25) is 0 Å². The standard InChI is InChI=1S/2C10H22N2.C9H21N2.C8H18N2.2C8H17N/c1-9(2)12-7-5-10(6-8-12)11(3)4;1-9(2)11-5-7-12(8-6-11)10(3)4;1-9(2)10-5-7-11(3,4)8-6-10;1-8(2)10-6-4-9(3)5-7-10;2*1-8(2)9-6-4-3-5-7-9/h2*9-10H,5-8H2,1-4H3;9H,5-8H2,1-4H3;8H,4-7H2,1-3H3;2*8H,3-7H2,1-2H3/q;;+1;;;. The molecule has 0 unspecified atom stereocenters. The quantitative estimate of drug-likeness (QED) is 0.225. The molecule has 6 aliphatic rings. The molecule has 6 rings (SSSR count). The predicted molar refractivity (Wildman–Crippen MR) is 281 cm³/mol. The maximum absolute atomic E-state index is 2.57. The van der Waals surface area contributed by atoms with Crippen LogP contribution < -0.4 is 0 Å². The maximum Gasteiger partial charge on any atom is 0.0912 e. The highest BCUT2D eigenvalue weighted by atomic mass is 15.4. The van der Waals surface area contributed by atoms with Crippen LogP contribution in [-0.2, 0) is 0 Å². The lowest BCUT2D eigenvalue weighted by Gasteiger charge is -2.40. The molecule has 6 heterocycles. The van der Waals surface area contributed by atoms with Gasteiger partial charge in [0, 0.05) is 114 Å². The highest BCUT2D eigenvalue weighted by Gasteiger charge is 2.26. The van der Waals surface area contributed by atoms with Gasteiger partial charge in [-0.1, -0.05) is 12.8 Å². The van der Waals surface area contributed by atoms with Gasteiger partial charge in [0.25, 0.3) is 0 Å². The Hall–Kier alpha value is -0.400. The fourth-order valence-electron chi connectivity index (χ4n) is 9.43. The average Bonchev–Trinajstić information content (AvgIpc) is 3.25. The molecule has 6 saturated heterocycles. The summed E-state index contributed by atoms with van der Waals surface area (Å²) in [6, 6.07) is 5.99. The van der Waals surface area contributed by atoms with Gasteiger partial charge in [0.05, 0.1) is 27.2 Å². The minimum absolute atomic E-state index is 0.722. The normalized spacial score (nSPS) is 23.5. The van der Waals surface area contributed by atoms with Crippen LogP contribution in [0.5, 0.6) is 0 Å². The van der Waals surface area contributed by atoms with E-state index < -0.39 is 0 Å². The average molecular weight is 895 g/mol. The summed E-state index contributed by atoms with van der Waals surface area (Å²) in [7, 11) is 11.2. The van der Waals surface area contributed by atoms with Gasteiger partial charge >= 0.3 is 0 Å². The van der Waals surface area contributed by atoms with Crippen LogP contribution >= 0.6 is 0 Å². The van der Waals surface area contributed by atoms with Gasteiger partial charge in [-0.15, -0.1) is 0 Å². The first kappa shape index (κ1) is 60.6. The molecule has 0 aromatic heterocycles. The molecule has 0 bridgehead atoms.